The van der Waals surface area contributed by atoms with E-state index < -0.39 is 0 Å². The zero-order valence-electron chi connectivity index (χ0n) is 10.6. The molecule has 0 aromatic rings. The van der Waals surface area contributed by atoms with Gasteiger partial charge in [0.25, 0.3) is 0 Å². The predicted molar refractivity (Wildman–Crippen MR) is 64.8 cm³/mol. The average Bonchev–Trinajstić information content (AvgIpc) is 2.16. The smallest absolute Gasteiger partial charge is 0.140 e. The third-order valence-corrected chi connectivity index (χ3v) is 3.63. The van der Waals surface area contributed by atoms with E-state index in [1.807, 2.05) is 0 Å². The van der Waals surface area contributed by atoms with Crippen molar-refractivity contribution in [2.75, 3.05) is 0 Å². The Morgan fingerprint density at radius 1 is 1.53 bits per heavy atom. The lowest BCUT2D eigenvalue weighted by atomic mass is 9.64. The van der Waals surface area contributed by atoms with Crippen molar-refractivity contribution in [2.24, 2.45) is 11.3 Å². The highest BCUT2D eigenvalue weighted by Gasteiger charge is 2.38. The monoisotopic (exact) mass is 208 g/mol. The largest absolute Gasteiger partial charge is 0.299 e. The van der Waals surface area contributed by atoms with E-state index in [4.69, 9.17) is 0 Å². The standard InChI is InChI=1S/C14H24O/c1-5-8-12(15)13-11(6-2)9-7-10-14(13,3)4/h6,13H,5,7-10H2,1-4H3. The lowest BCUT2D eigenvalue weighted by Crippen LogP contribution is -2.35. The lowest BCUT2D eigenvalue weighted by molar-refractivity contribution is -0.125. The van der Waals surface area contributed by atoms with Gasteiger partial charge in [0.05, 0.1) is 0 Å². The Hall–Kier alpha value is -0.590. The normalized spacial score (nSPS) is 28.0. The molecule has 0 aromatic carbocycles. The Kier molecular flexibility index (Phi) is 4.12. The Balaban J connectivity index is 2.90. The summed E-state index contributed by atoms with van der Waals surface area (Å²) in [6.07, 6.45) is 7.43. The van der Waals surface area contributed by atoms with Crippen LogP contribution in [-0.4, -0.2) is 5.78 Å². The molecule has 1 unspecified atom stereocenters. The van der Waals surface area contributed by atoms with E-state index in [-0.39, 0.29) is 11.3 Å². The maximum absolute atomic E-state index is 12.1. The molecule has 0 heterocycles. The Bertz CT molecular complexity index is 261. The summed E-state index contributed by atoms with van der Waals surface area (Å²) < 4.78 is 0. The Labute approximate surface area is 93.9 Å². The topological polar surface area (TPSA) is 17.1 Å². The third kappa shape index (κ3) is 2.70. The van der Waals surface area contributed by atoms with Gasteiger partial charge in [-0.2, -0.15) is 0 Å². The summed E-state index contributed by atoms with van der Waals surface area (Å²) >= 11 is 0. The van der Waals surface area contributed by atoms with Crippen LogP contribution >= 0.6 is 0 Å². The molecule has 15 heavy (non-hydrogen) atoms. The van der Waals surface area contributed by atoms with Crippen molar-refractivity contribution in [3.63, 3.8) is 0 Å². The van der Waals surface area contributed by atoms with Crippen LogP contribution in [0.2, 0.25) is 0 Å². The number of hydrogen-bond donors (Lipinski definition) is 0. The number of hydrogen-bond acceptors (Lipinski definition) is 1. The molecule has 86 valence electrons. The molecule has 0 bridgehead atoms. The zero-order valence-corrected chi connectivity index (χ0v) is 10.6. The Morgan fingerprint density at radius 2 is 2.20 bits per heavy atom. The molecule has 1 aliphatic rings. The third-order valence-electron chi connectivity index (χ3n) is 3.63. The first-order chi connectivity index (χ1) is 7.03. The number of ketones is 1. The van der Waals surface area contributed by atoms with Crippen molar-refractivity contribution >= 4 is 5.78 Å². The molecule has 0 saturated heterocycles. The van der Waals surface area contributed by atoms with Gasteiger partial charge in [0.2, 0.25) is 0 Å². The molecule has 1 nitrogen and oxygen atoms in total. The minimum atomic E-state index is 0.173. The summed E-state index contributed by atoms with van der Waals surface area (Å²) in [5.74, 6) is 0.645. The molecular formula is C14H24O. The quantitative estimate of drug-likeness (QED) is 0.637. The second kappa shape index (κ2) is 4.96. The number of allylic oxidation sites excluding steroid dienone is 2. The van der Waals surface area contributed by atoms with Crippen LogP contribution in [0.3, 0.4) is 0 Å². The maximum Gasteiger partial charge on any atom is 0.140 e. The van der Waals surface area contributed by atoms with Crippen LogP contribution in [0.5, 0.6) is 0 Å². The molecule has 1 rings (SSSR count). The molecule has 0 aromatic heterocycles. The summed E-state index contributed by atoms with van der Waals surface area (Å²) in [6, 6.07) is 0. The second-order valence-electron chi connectivity index (χ2n) is 5.36. The van der Waals surface area contributed by atoms with Crippen molar-refractivity contribution in [2.45, 2.75) is 59.8 Å². The molecule has 0 amide bonds. The molecule has 1 saturated carbocycles. The van der Waals surface area contributed by atoms with Gasteiger partial charge in [-0.3, -0.25) is 4.79 Å². The van der Waals surface area contributed by atoms with Gasteiger partial charge in [0, 0.05) is 12.3 Å². The van der Waals surface area contributed by atoms with Crippen LogP contribution < -0.4 is 0 Å². The van der Waals surface area contributed by atoms with Crippen molar-refractivity contribution < 1.29 is 4.79 Å². The van der Waals surface area contributed by atoms with Crippen LogP contribution in [0, 0.1) is 11.3 Å². The van der Waals surface area contributed by atoms with Crippen molar-refractivity contribution in [3.8, 4) is 0 Å². The van der Waals surface area contributed by atoms with Gasteiger partial charge in [0.1, 0.15) is 5.78 Å². The SMILES string of the molecule is CC=C1CCCC(C)(C)C1C(=O)CCC. The minimum absolute atomic E-state index is 0.173. The van der Waals surface area contributed by atoms with Crippen molar-refractivity contribution in [1.29, 1.82) is 0 Å². The number of rotatable bonds is 3. The van der Waals surface area contributed by atoms with E-state index in [2.05, 4.69) is 33.8 Å². The van der Waals surface area contributed by atoms with Crippen LogP contribution in [0.15, 0.2) is 11.6 Å². The van der Waals surface area contributed by atoms with Gasteiger partial charge in [-0.1, -0.05) is 32.4 Å². The first-order valence-corrected chi connectivity index (χ1v) is 6.20. The molecule has 1 heteroatoms. The first kappa shape index (κ1) is 12.5. The summed E-state index contributed by atoms with van der Waals surface area (Å²) in [4.78, 5) is 12.1. The summed E-state index contributed by atoms with van der Waals surface area (Å²) in [5, 5.41) is 0. The van der Waals surface area contributed by atoms with Gasteiger partial charge in [-0.05, 0) is 38.0 Å². The fourth-order valence-electron chi connectivity index (χ4n) is 2.88. The molecular weight excluding hydrogens is 184 g/mol. The summed E-state index contributed by atoms with van der Waals surface area (Å²) in [5.41, 5.74) is 1.55. The van der Waals surface area contributed by atoms with E-state index in [1.54, 1.807) is 0 Å². The van der Waals surface area contributed by atoms with Crippen molar-refractivity contribution in [3.05, 3.63) is 11.6 Å². The van der Waals surface area contributed by atoms with E-state index in [0.717, 1.165) is 19.3 Å². The first-order valence-electron chi connectivity index (χ1n) is 6.20. The highest BCUT2D eigenvalue weighted by Crippen LogP contribution is 2.44. The van der Waals surface area contributed by atoms with Crippen LogP contribution in [0.25, 0.3) is 0 Å². The second-order valence-corrected chi connectivity index (χ2v) is 5.36. The summed E-state index contributed by atoms with van der Waals surface area (Å²) in [6.45, 7) is 8.65. The zero-order chi connectivity index (χ0) is 11.5. The highest BCUT2D eigenvalue weighted by atomic mass is 16.1. The van der Waals surface area contributed by atoms with Gasteiger partial charge >= 0.3 is 0 Å². The molecule has 1 atom stereocenters. The maximum atomic E-state index is 12.1. The number of Topliss-reactive ketones (excluding diaryl/α,β-unsaturated/α-hetero) is 1. The van der Waals surface area contributed by atoms with E-state index in [9.17, 15) is 4.79 Å². The van der Waals surface area contributed by atoms with Crippen LogP contribution in [0.1, 0.15) is 59.8 Å². The molecule has 0 aliphatic heterocycles. The van der Waals surface area contributed by atoms with Gasteiger partial charge in [-0.15, -0.1) is 0 Å². The number of carbonyl (C=O) groups excluding carboxylic acids is 1. The molecule has 1 fully saturated rings. The van der Waals surface area contributed by atoms with Crippen LogP contribution in [0.4, 0.5) is 0 Å². The average molecular weight is 208 g/mol. The summed E-state index contributed by atoms with van der Waals surface area (Å²) in [7, 11) is 0. The minimum Gasteiger partial charge on any atom is -0.299 e. The van der Waals surface area contributed by atoms with Crippen molar-refractivity contribution in [1.82, 2.24) is 0 Å². The lowest BCUT2D eigenvalue weighted by Gasteiger charge is -2.39. The molecule has 1 aliphatic carbocycles. The molecule has 0 radical (unpaired) electrons. The molecule has 0 N–H and O–H groups in total. The van der Waals surface area contributed by atoms with Gasteiger partial charge in [-0.25, -0.2) is 0 Å². The van der Waals surface area contributed by atoms with Gasteiger partial charge in [0.15, 0.2) is 0 Å². The van der Waals surface area contributed by atoms with E-state index in [0.29, 0.717) is 5.78 Å². The van der Waals surface area contributed by atoms with Crippen LogP contribution in [-0.2, 0) is 4.79 Å². The fourth-order valence-corrected chi connectivity index (χ4v) is 2.88. The highest BCUT2D eigenvalue weighted by molar-refractivity contribution is 5.84. The predicted octanol–water partition coefficient (Wildman–Crippen LogP) is 4.13. The molecule has 0 spiro atoms. The van der Waals surface area contributed by atoms with E-state index >= 15 is 0 Å². The Morgan fingerprint density at radius 3 is 2.73 bits per heavy atom. The van der Waals surface area contributed by atoms with E-state index in [1.165, 1.54) is 18.4 Å². The fraction of sp³-hybridized carbons (Fsp3) is 0.786. The number of carbonyl (C=O) groups is 1. The van der Waals surface area contributed by atoms with Gasteiger partial charge < -0.3 is 0 Å².